The monoisotopic (exact) mass is 220 g/mol. The van der Waals surface area contributed by atoms with Crippen LogP contribution in [0.5, 0.6) is 11.5 Å². The minimum absolute atomic E-state index is 0.0705. The van der Waals surface area contributed by atoms with Crippen LogP contribution in [0.1, 0.15) is 6.92 Å². The molecule has 0 aliphatic carbocycles. The lowest BCUT2D eigenvalue weighted by atomic mass is 10.2. The number of hydrogen-bond acceptors (Lipinski definition) is 4. The average molecular weight is 220 g/mol. The number of amides is 1. The highest BCUT2D eigenvalue weighted by atomic mass is 16.5. The largest absolute Gasteiger partial charge is 0.497 e. The first kappa shape index (κ1) is 11.9. The Hall–Kier alpha value is -2.22. The summed E-state index contributed by atoms with van der Waals surface area (Å²) in [6.45, 7) is 1.33. The third kappa shape index (κ3) is 3.17. The standard InChI is InChI=1S/C11H12N2O3/c1-8(14)13-10-7-9(15-2)3-4-11(10)16-6-5-12/h3-4,7H,6H2,1-2H3,(H,13,14). The summed E-state index contributed by atoms with van der Waals surface area (Å²) in [6, 6.07) is 6.82. The number of ether oxygens (including phenoxy) is 2. The van der Waals surface area contributed by atoms with Gasteiger partial charge in [0.25, 0.3) is 0 Å². The third-order valence-electron chi connectivity index (χ3n) is 1.79. The van der Waals surface area contributed by atoms with Crippen LogP contribution in [-0.4, -0.2) is 19.6 Å². The van der Waals surface area contributed by atoms with E-state index in [1.807, 2.05) is 6.07 Å². The summed E-state index contributed by atoms with van der Waals surface area (Å²) < 4.78 is 10.2. The first-order valence-corrected chi connectivity index (χ1v) is 4.62. The van der Waals surface area contributed by atoms with Crippen LogP contribution in [0.2, 0.25) is 0 Å². The predicted octanol–water partition coefficient (Wildman–Crippen LogP) is 1.56. The van der Waals surface area contributed by atoms with E-state index in [0.717, 1.165) is 0 Å². The molecule has 0 saturated carbocycles. The van der Waals surface area contributed by atoms with Crippen LogP contribution in [0.4, 0.5) is 5.69 Å². The zero-order valence-corrected chi connectivity index (χ0v) is 9.11. The van der Waals surface area contributed by atoms with Gasteiger partial charge in [0.1, 0.15) is 17.6 Å². The van der Waals surface area contributed by atoms with Crippen molar-refractivity contribution in [1.29, 1.82) is 5.26 Å². The van der Waals surface area contributed by atoms with Crippen LogP contribution in [0, 0.1) is 11.3 Å². The fraction of sp³-hybridized carbons (Fsp3) is 0.273. The van der Waals surface area contributed by atoms with E-state index in [4.69, 9.17) is 14.7 Å². The minimum atomic E-state index is -0.213. The number of hydrogen-bond donors (Lipinski definition) is 1. The summed E-state index contributed by atoms with van der Waals surface area (Å²) >= 11 is 0. The molecular weight excluding hydrogens is 208 g/mol. The van der Waals surface area contributed by atoms with Crippen molar-refractivity contribution in [2.45, 2.75) is 6.92 Å². The van der Waals surface area contributed by atoms with Gasteiger partial charge < -0.3 is 14.8 Å². The predicted molar refractivity (Wildman–Crippen MR) is 58.4 cm³/mol. The van der Waals surface area contributed by atoms with Crippen molar-refractivity contribution >= 4 is 11.6 Å². The topological polar surface area (TPSA) is 71.3 Å². The molecule has 0 unspecified atom stereocenters. The number of carbonyl (C=O) groups excluding carboxylic acids is 1. The first-order chi connectivity index (χ1) is 7.67. The minimum Gasteiger partial charge on any atom is -0.497 e. The van der Waals surface area contributed by atoms with Gasteiger partial charge in [0, 0.05) is 13.0 Å². The molecule has 0 fully saturated rings. The number of nitrogens with zero attached hydrogens (tertiary/aromatic N) is 1. The molecule has 0 spiro atoms. The van der Waals surface area contributed by atoms with E-state index >= 15 is 0 Å². The number of nitriles is 1. The molecule has 1 N–H and O–H groups in total. The van der Waals surface area contributed by atoms with Gasteiger partial charge in [-0.25, -0.2) is 0 Å². The molecule has 0 atom stereocenters. The van der Waals surface area contributed by atoms with E-state index in [1.54, 1.807) is 18.2 Å². The Morgan fingerprint density at radius 3 is 2.88 bits per heavy atom. The van der Waals surface area contributed by atoms with Crippen LogP contribution in [0.15, 0.2) is 18.2 Å². The van der Waals surface area contributed by atoms with Crippen molar-refractivity contribution in [2.24, 2.45) is 0 Å². The van der Waals surface area contributed by atoms with Crippen molar-refractivity contribution in [3.8, 4) is 17.6 Å². The lowest BCUT2D eigenvalue weighted by molar-refractivity contribution is -0.114. The molecule has 0 bridgehead atoms. The zero-order valence-electron chi connectivity index (χ0n) is 9.11. The third-order valence-corrected chi connectivity index (χ3v) is 1.79. The molecule has 1 aromatic rings. The molecule has 84 valence electrons. The maximum absolute atomic E-state index is 11.0. The summed E-state index contributed by atoms with van der Waals surface area (Å²) in [7, 11) is 1.53. The molecule has 0 radical (unpaired) electrons. The molecule has 0 heterocycles. The van der Waals surface area contributed by atoms with Crippen molar-refractivity contribution in [3.63, 3.8) is 0 Å². The number of rotatable bonds is 4. The lowest BCUT2D eigenvalue weighted by Gasteiger charge is -2.11. The summed E-state index contributed by atoms with van der Waals surface area (Å²) in [5, 5.41) is 11.0. The zero-order chi connectivity index (χ0) is 12.0. The number of anilines is 1. The fourth-order valence-corrected chi connectivity index (χ4v) is 1.16. The Labute approximate surface area is 93.6 Å². The second kappa shape index (κ2) is 5.61. The lowest BCUT2D eigenvalue weighted by Crippen LogP contribution is -2.08. The highest BCUT2D eigenvalue weighted by molar-refractivity contribution is 5.90. The number of carbonyl (C=O) groups is 1. The van der Waals surface area contributed by atoms with E-state index in [9.17, 15) is 4.79 Å². The Kier molecular flexibility index (Phi) is 4.16. The van der Waals surface area contributed by atoms with Gasteiger partial charge in [0.05, 0.1) is 12.8 Å². The van der Waals surface area contributed by atoms with Crippen LogP contribution in [0.25, 0.3) is 0 Å². The molecule has 1 amide bonds. The van der Waals surface area contributed by atoms with Gasteiger partial charge in [0.15, 0.2) is 6.61 Å². The van der Waals surface area contributed by atoms with Crippen LogP contribution >= 0.6 is 0 Å². The molecule has 5 nitrogen and oxygen atoms in total. The van der Waals surface area contributed by atoms with Gasteiger partial charge in [-0.05, 0) is 12.1 Å². The van der Waals surface area contributed by atoms with Gasteiger partial charge in [-0.3, -0.25) is 4.79 Å². The van der Waals surface area contributed by atoms with E-state index < -0.39 is 0 Å². The smallest absolute Gasteiger partial charge is 0.221 e. The first-order valence-electron chi connectivity index (χ1n) is 4.62. The second-order valence-electron chi connectivity index (χ2n) is 2.99. The molecule has 1 rings (SSSR count). The van der Waals surface area contributed by atoms with Gasteiger partial charge in [-0.1, -0.05) is 0 Å². The van der Waals surface area contributed by atoms with E-state index in [-0.39, 0.29) is 12.5 Å². The van der Waals surface area contributed by atoms with Gasteiger partial charge >= 0.3 is 0 Å². The second-order valence-corrected chi connectivity index (χ2v) is 2.99. The average Bonchev–Trinajstić information content (AvgIpc) is 2.26. The van der Waals surface area contributed by atoms with Crippen LogP contribution in [-0.2, 0) is 4.79 Å². The number of methoxy groups -OCH3 is 1. The van der Waals surface area contributed by atoms with Crippen molar-refractivity contribution in [1.82, 2.24) is 0 Å². The summed E-state index contributed by atoms with van der Waals surface area (Å²) in [5.41, 5.74) is 0.488. The fourth-order valence-electron chi connectivity index (χ4n) is 1.16. The Balaban J connectivity index is 2.96. The molecule has 0 saturated heterocycles. The van der Waals surface area contributed by atoms with Gasteiger partial charge in [-0.2, -0.15) is 5.26 Å². The normalized spacial score (nSPS) is 9.06. The van der Waals surface area contributed by atoms with Crippen LogP contribution in [0.3, 0.4) is 0 Å². The summed E-state index contributed by atoms with van der Waals surface area (Å²) in [4.78, 5) is 11.0. The maximum Gasteiger partial charge on any atom is 0.221 e. The van der Waals surface area contributed by atoms with E-state index in [1.165, 1.54) is 14.0 Å². The van der Waals surface area contributed by atoms with E-state index in [2.05, 4.69) is 5.32 Å². The molecule has 0 aromatic heterocycles. The highest BCUT2D eigenvalue weighted by Crippen LogP contribution is 2.29. The van der Waals surface area contributed by atoms with Crippen LogP contribution < -0.4 is 14.8 Å². The molecule has 0 aliphatic rings. The SMILES string of the molecule is COc1ccc(OCC#N)c(NC(C)=O)c1. The summed E-state index contributed by atoms with van der Waals surface area (Å²) in [5.74, 6) is 0.834. The molecule has 1 aromatic carbocycles. The van der Waals surface area contributed by atoms with Gasteiger partial charge in [-0.15, -0.1) is 0 Å². The number of nitrogens with one attached hydrogen (secondary N) is 1. The Bertz CT molecular complexity index is 424. The van der Waals surface area contributed by atoms with Crippen molar-refractivity contribution in [3.05, 3.63) is 18.2 Å². The van der Waals surface area contributed by atoms with Crippen molar-refractivity contribution in [2.75, 3.05) is 19.0 Å². The molecule has 16 heavy (non-hydrogen) atoms. The molecule has 0 aliphatic heterocycles. The molecule has 5 heteroatoms. The van der Waals surface area contributed by atoms with Crippen molar-refractivity contribution < 1.29 is 14.3 Å². The Morgan fingerprint density at radius 2 is 2.31 bits per heavy atom. The Morgan fingerprint density at radius 1 is 1.56 bits per heavy atom. The highest BCUT2D eigenvalue weighted by Gasteiger charge is 2.06. The quantitative estimate of drug-likeness (QED) is 0.835. The summed E-state index contributed by atoms with van der Waals surface area (Å²) in [6.07, 6.45) is 0. The van der Waals surface area contributed by atoms with Gasteiger partial charge in [0.2, 0.25) is 5.91 Å². The number of benzene rings is 1. The molecular formula is C11H12N2O3. The maximum atomic E-state index is 11.0. The van der Waals surface area contributed by atoms with E-state index in [0.29, 0.717) is 17.2 Å².